The molecule has 2 aromatic heterocycles. The second-order valence-corrected chi connectivity index (χ2v) is 4.12. The van der Waals surface area contributed by atoms with Crippen LogP contribution in [0.5, 0.6) is 0 Å². The standard InChI is InChI=1S/C9H10Cl2N6/c1-17-5-14-16-7(17)2-3-12-8-6(10)4-13-9(11)15-8/h4-5H,2-3H2,1H3,(H,12,13,15). The summed E-state index contributed by atoms with van der Waals surface area (Å²) in [5.74, 6) is 1.41. The number of aromatic nitrogens is 5. The van der Waals surface area contributed by atoms with Gasteiger partial charge < -0.3 is 9.88 Å². The zero-order chi connectivity index (χ0) is 12.3. The van der Waals surface area contributed by atoms with Crippen LogP contribution in [0.4, 0.5) is 5.82 Å². The van der Waals surface area contributed by atoms with Gasteiger partial charge in [0.1, 0.15) is 23.0 Å². The Labute approximate surface area is 108 Å². The molecule has 2 heterocycles. The molecule has 6 nitrogen and oxygen atoms in total. The fraction of sp³-hybridized carbons (Fsp3) is 0.333. The van der Waals surface area contributed by atoms with Gasteiger partial charge in [-0.15, -0.1) is 10.2 Å². The third-order valence-corrected chi connectivity index (χ3v) is 2.62. The van der Waals surface area contributed by atoms with Crippen molar-refractivity contribution in [1.29, 1.82) is 0 Å². The smallest absolute Gasteiger partial charge is 0.224 e. The van der Waals surface area contributed by atoms with Gasteiger partial charge in [-0.1, -0.05) is 11.6 Å². The van der Waals surface area contributed by atoms with Crippen molar-refractivity contribution in [2.75, 3.05) is 11.9 Å². The minimum absolute atomic E-state index is 0.163. The number of aryl methyl sites for hydroxylation is 1. The van der Waals surface area contributed by atoms with E-state index in [1.807, 2.05) is 11.6 Å². The predicted molar refractivity (Wildman–Crippen MR) is 65.2 cm³/mol. The average Bonchev–Trinajstić information content (AvgIpc) is 2.70. The van der Waals surface area contributed by atoms with Gasteiger partial charge in [0.25, 0.3) is 0 Å². The number of rotatable bonds is 4. The molecular weight excluding hydrogens is 263 g/mol. The highest BCUT2D eigenvalue weighted by atomic mass is 35.5. The zero-order valence-electron chi connectivity index (χ0n) is 9.06. The molecule has 2 rings (SSSR count). The van der Waals surface area contributed by atoms with E-state index in [9.17, 15) is 0 Å². The van der Waals surface area contributed by atoms with Crippen LogP contribution in [0.3, 0.4) is 0 Å². The molecular formula is C9H10Cl2N6. The maximum Gasteiger partial charge on any atom is 0.224 e. The van der Waals surface area contributed by atoms with Gasteiger partial charge in [0.15, 0.2) is 0 Å². The predicted octanol–water partition coefficient (Wildman–Crippen LogP) is 1.57. The van der Waals surface area contributed by atoms with Gasteiger partial charge in [-0.05, 0) is 11.6 Å². The molecule has 0 unspecified atom stereocenters. The van der Waals surface area contributed by atoms with Crippen molar-refractivity contribution in [3.8, 4) is 0 Å². The summed E-state index contributed by atoms with van der Waals surface area (Å²) in [6.07, 6.45) is 3.83. The molecule has 2 aromatic rings. The normalized spacial score (nSPS) is 10.5. The van der Waals surface area contributed by atoms with Crippen LogP contribution in [0.15, 0.2) is 12.5 Å². The summed E-state index contributed by atoms with van der Waals surface area (Å²) >= 11 is 11.6. The van der Waals surface area contributed by atoms with Crippen LogP contribution >= 0.6 is 23.2 Å². The molecule has 90 valence electrons. The van der Waals surface area contributed by atoms with Crippen molar-refractivity contribution in [2.24, 2.45) is 7.05 Å². The Morgan fingerprint density at radius 3 is 2.94 bits per heavy atom. The summed E-state index contributed by atoms with van der Waals surface area (Å²) in [5, 5.41) is 11.4. The minimum atomic E-state index is 0.163. The number of nitrogens with one attached hydrogen (secondary N) is 1. The Bertz CT molecular complexity index is 512. The lowest BCUT2D eigenvalue weighted by Gasteiger charge is -2.06. The molecule has 0 fully saturated rings. The van der Waals surface area contributed by atoms with Crippen molar-refractivity contribution < 1.29 is 0 Å². The van der Waals surface area contributed by atoms with Gasteiger partial charge >= 0.3 is 0 Å². The Balaban J connectivity index is 1.94. The van der Waals surface area contributed by atoms with Crippen molar-refractivity contribution in [2.45, 2.75) is 6.42 Å². The van der Waals surface area contributed by atoms with E-state index < -0.39 is 0 Å². The first kappa shape index (κ1) is 12.1. The van der Waals surface area contributed by atoms with Crippen LogP contribution in [0.25, 0.3) is 0 Å². The molecule has 0 bridgehead atoms. The Morgan fingerprint density at radius 2 is 2.24 bits per heavy atom. The van der Waals surface area contributed by atoms with Crippen molar-refractivity contribution >= 4 is 29.0 Å². The maximum absolute atomic E-state index is 5.91. The van der Waals surface area contributed by atoms with Crippen molar-refractivity contribution in [3.05, 3.63) is 28.7 Å². The number of nitrogens with zero attached hydrogens (tertiary/aromatic N) is 5. The molecule has 0 aliphatic rings. The topological polar surface area (TPSA) is 68.5 Å². The van der Waals surface area contributed by atoms with E-state index in [0.29, 0.717) is 23.8 Å². The van der Waals surface area contributed by atoms with E-state index in [0.717, 1.165) is 5.82 Å². The maximum atomic E-state index is 5.91. The van der Waals surface area contributed by atoms with Gasteiger partial charge in [0.05, 0.1) is 6.20 Å². The van der Waals surface area contributed by atoms with Crippen LogP contribution in [-0.4, -0.2) is 31.3 Å². The third kappa shape index (κ3) is 3.04. The Hall–Kier alpha value is -1.40. The molecule has 0 aromatic carbocycles. The van der Waals surface area contributed by atoms with Crippen LogP contribution in [0.1, 0.15) is 5.82 Å². The van der Waals surface area contributed by atoms with Gasteiger partial charge in [0.2, 0.25) is 5.28 Å². The van der Waals surface area contributed by atoms with Crippen LogP contribution in [-0.2, 0) is 13.5 Å². The molecule has 0 amide bonds. The number of hydrogen-bond acceptors (Lipinski definition) is 5. The van der Waals surface area contributed by atoms with Crippen LogP contribution in [0, 0.1) is 0 Å². The summed E-state index contributed by atoms with van der Waals surface area (Å²) in [6, 6.07) is 0. The van der Waals surface area contributed by atoms with Crippen molar-refractivity contribution in [3.63, 3.8) is 0 Å². The third-order valence-electron chi connectivity index (χ3n) is 2.16. The highest BCUT2D eigenvalue weighted by molar-refractivity contribution is 6.33. The second-order valence-electron chi connectivity index (χ2n) is 3.37. The SMILES string of the molecule is Cn1cnnc1CCNc1nc(Cl)ncc1Cl. The monoisotopic (exact) mass is 272 g/mol. The highest BCUT2D eigenvalue weighted by Crippen LogP contribution is 2.18. The lowest BCUT2D eigenvalue weighted by molar-refractivity contribution is 0.787. The molecule has 0 atom stereocenters. The Kier molecular flexibility index (Phi) is 3.75. The summed E-state index contributed by atoms with van der Waals surface area (Å²) in [4.78, 5) is 7.75. The van der Waals surface area contributed by atoms with E-state index in [2.05, 4.69) is 25.5 Å². The molecule has 0 saturated heterocycles. The molecule has 0 radical (unpaired) electrons. The van der Waals surface area contributed by atoms with Gasteiger partial charge in [-0.3, -0.25) is 0 Å². The van der Waals surface area contributed by atoms with E-state index in [-0.39, 0.29) is 5.28 Å². The average molecular weight is 273 g/mol. The second kappa shape index (κ2) is 5.29. The largest absolute Gasteiger partial charge is 0.368 e. The lowest BCUT2D eigenvalue weighted by Crippen LogP contribution is -2.10. The lowest BCUT2D eigenvalue weighted by atomic mass is 10.4. The van der Waals surface area contributed by atoms with Crippen LogP contribution in [0.2, 0.25) is 10.3 Å². The van der Waals surface area contributed by atoms with Gasteiger partial charge in [0, 0.05) is 20.0 Å². The zero-order valence-corrected chi connectivity index (χ0v) is 10.6. The Morgan fingerprint density at radius 1 is 1.41 bits per heavy atom. The summed E-state index contributed by atoms with van der Waals surface area (Å²) in [7, 11) is 1.89. The van der Waals surface area contributed by atoms with Gasteiger partial charge in [-0.25, -0.2) is 4.98 Å². The molecule has 0 spiro atoms. The number of hydrogen-bond donors (Lipinski definition) is 1. The summed E-state index contributed by atoms with van der Waals surface area (Å²) in [6.45, 7) is 0.638. The quantitative estimate of drug-likeness (QED) is 0.856. The molecule has 0 saturated carbocycles. The minimum Gasteiger partial charge on any atom is -0.368 e. The van der Waals surface area contributed by atoms with Crippen LogP contribution < -0.4 is 5.32 Å². The van der Waals surface area contributed by atoms with E-state index in [1.54, 1.807) is 6.33 Å². The molecule has 8 heteroatoms. The molecule has 17 heavy (non-hydrogen) atoms. The van der Waals surface area contributed by atoms with Gasteiger partial charge in [-0.2, -0.15) is 4.98 Å². The van der Waals surface area contributed by atoms with E-state index in [1.165, 1.54) is 6.20 Å². The van der Waals surface area contributed by atoms with Crippen molar-refractivity contribution in [1.82, 2.24) is 24.7 Å². The first-order valence-electron chi connectivity index (χ1n) is 4.91. The highest BCUT2D eigenvalue weighted by Gasteiger charge is 2.05. The van der Waals surface area contributed by atoms with E-state index >= 15 is 0 Å². The summed E-state index contributed by atoms with van der Waals surface area (Å²) < 4.78 is 1.86. The molecule has 0 aliphatic heterocycles. The molecule has 0 aliphatic carbocycles. The summed E-state index contributed by atoms with van der Waals surface area (Å²) in [5.41, 5.74) is 0. The molecule has 1 N–H and O–H groups in total. The van der Waals surface area contributed by atoms with E-state index in [4.69, 9.17) is 23.2 Å². The fourth-order valence-corrected chi connectivity index (χ4v) is 1.59. The number of halogens is 2. The first-order chi connectivity index (χ1) is 8.16. The number of anilines is 1. The first-order valence-corrected chi connectivity index (χ1v) is 5.67. The fourth-order valence-electron chi connectivity index (χ4n) is 1.30.